The highest BCUT2D eigenvalue weighted by Crippen LogP contribution is 2.20. The van der Waals surface area contributed by atoms with E-state index in [1.54, 1.807) is 25.2 Å². The number of aromatic hydroxyl groups is 1. The van der Waals surface area contributed by atoms with Crippen LogP contribution in [0.1, 0.15) is 5.56 Å². The van der Waals surface area contributed by atoms with Crippen molar-refractivity contribution in [2.45, 2.75) is 6.42 Å². The third-order valence-corrected chi connectivity index (χ3v) is 1.66. The Morgan fingerprint density at radius 3 is 2.92 bits per heavy atom. The zero-order chi connectivity index (χ0) is 8.97. The molecule has 0 spiro atoms. The van der Waals surface area contributed by atoms with Crippen molar-refractivity contribution in [3.8, 4) is 5.75 Å². The monoisotopic (exact) mass is 165 g/mol. The van der Waals surface area contributed by atoms with Gasteiger partial charge in [-0.15, -0.1) is 0 Å². The summed E-state index contributed by atoms with van der Waals surface area (Å²) in [6, 6.07) is 4.91. The molecule has 1 aromatic carbocycles. The van der Waals surface area contributed by atoms with E-state index in [1.165, 1.54) is 0 Å². The molecule has 0 amide bonds. The highest BCUT2D eigenvalue weighted by molar-refractivity contribution is 5.63. The van der Waals surface area contributed by atoms with Gasteiger partial charge in [0.15, 0.2) is 0 Å². The number of phenols is 1. The first-order valence-corrected chi connectivity index (χ1v) is 3.71. The summed E-state index contributed by atoms with van der Waals surface area (Å²) in [5.41, 5.74) is 1.69. The molecule has 0 bridgehead atoms. The number of anilines is 1. The number of hydrogen-bond donors (Lipinski definition) is 2. The third kappa shape index (κ3) is 1.75. The van der Waals surface area contributed by atoms with Crippen LogP contribution in [0.3, 0.4) is 0 Å². The van der Waals surface area contributed by atoms with Crippen LogP contribution in [0.15, 0.2) is 18.2 Å². The van der Waals surface area contributed by atoms with E-state index >= 15 is 0 Å². The summed E-state index contributed by atoms with van der Waals surface area (Å²) in [5.74, 6) is 0.186. The van der Waals surface area contributed by atoms with E-state index in [0.717, 1.165) is 17.5 Å². The lowest BCUT2D eigenvalue weighted by atomic mass is 10.1. The second kappa shape index (κ2) is 3.76. The van der Waals surface area contributed by atoms with Crippen molar-refractivity contribution in [1.82, 2.24) is 0 Å². The van der Waals surface area contributed by atoms with Crippen LogP contribution in [0.2, 0.25) is 0 Å². The minimum Gasteiger partial charge on any atom is -0.508 e. The van der Waals surface area contributed by atoms with Gasteiger partial charge in [-0.1, -0.05) is 0 Å². The Bertz CT molecular complexity index is 284. The van der Waals surface area contributed by atoms with Gasteiger partial charge in [-0.05, 0) is 23.8 Å². The molecule has 1 rings (SSSR count). The molecule has 0 fully saturated rings. The Labute approximate surface area is 71.0 Å². The van der Waals surface area contributed by atoms with E-state index in [2.05, 4.69) is 5.32 Å². The first-order chi connectivity index (χ1) is 5.77. The quantitative estimate of drug-likeness (QED) is 0.522. The normalized spacial score (nSPS) is 9.42. The average molecular weight is 165 g/mol. The van der Waals surface area contributed by atoms with Gasteiger partial charge in [0.25, 0.3) is 0 Å². The fourth-order valence-corrected chi connectivity index (χ4v) is 1.08. The molecule has 0 radical (unpaired) electrons. The predicted molar refractivity (Wildman–Crippen MR) is 47.4 cm³/mol. The second-order valence-electron chi connectivity index (χ2n) is 2.46. The van der Waals surface area contributed by atoms with Gasteiger partial charge >= 0.3 is 0 Å². The molecule has 0 saturated carbocycles. The number of aldehydes is 1. The number of rotatable bonds is 3. The van der Waals surface area contributed by atoms with E-state index in [-0.39, 0.29) is 5.75 Å². The van der Waals surface area contributed by atoms with Crippen LogP contribution in [-0.4, -0.2) is 18.4 Å². The van der Waals surface area contributed by atoms with Gasteiger partial charge in [-0.3, -0.25) is 0 Å². The van der Waals surface area contributed by atoms with Crippen molar-refractivity contribution in [2.24, 2.45) is 0 Å². The molecule has 0 atom stereocenters. The highest BCUT2D eigenvalue weighted by Gasteiger charge is 2.00. The molecule has 2 N–H and O–H groups in total. The smallest absolute Gasteiger partial charge is 0.124 e. The van der Waals surface area contributed by atoms with Crippen LogP contribution in [0.5, 0.6) is 5.75 Å². The number of benzene rings is 1. The summed E-state index contributed by atoms with van der Waals surface area (Å²) in [6.45, 7) is 0. The van der Waals surface area contributed by atoms with Crippen LogP contribution in [-0.2, 0) is 11.2 Å². The second-order valence-corrected chi connectivity index (χ2v) is 2.46. The molecule has 3 heteroatoms. The first kappa shape index (κ1) is 8.59. The van der Waals surface area contributed by atoms with Crippen molar-refractivity contribution in [1.29, 1.82) is 0 Å². The molecule has 0 aliphatic carbocycles. The number of phenolic OH excluding ortho intramolecular Hbond substituents is 1. The van der Waals surface area contributed by atoms with Crippen LogP contribution in [0, 0.1) is 0 Å². The van der Waals surface area contributed by atoms with Crippen molar-refractivity contribution >= 4 is 12.0 Å². The molecule has 0 heterocycles. The summed E-state index contributed by atoms with van der Waals surface area (Å²) < 4.78 is 0. The molecular formula is C9H11NO2. The van der Waals surface area contributed by atoms with Gasteiger partial charge in [0.1, 0.15) is 12.0 Å². The van der Waals surface area contributed by atoms with Gasteiger partial charge in [-0.25, -0.2) is 0 Å². The lowest BCUT2D eigenvalue weighted by Crippen LogP contribution is -1.95. The standard InChI is InChI=1S/C9H11NO2/c1-10-9-3-2-8(12)6-7(9)4-5-11/h2-3,5-6,10,12H,4H2,1H3. The number of nitrogens with one attached hydrogen (secondary N) is 1. The summed E-state index contributed by atoms with van der Waals surface area (Å²) in [5, 5.41) is 12.1. The van der Waals surface area contributed by atoms with E-state index in [0.29, 0.717) is 6.42 Å². The Balaban J connectivity index is 3.03. The molecule has 0 unspecified atom stereocenters. The maximum absolute atomic E-state index is 10.2. The van der Waals surface area contributed by atoms with Gasteiger partial charge in [0.05, 0.1) is 0 Å². The largest absolute Gasteiger partial charge is 0.508 e. The predicted octanol–water partition coefficient (Wildman–Crippen LogP) is 1.18. The Hall–Kier alpha value is -1.51. The average Bonchev–Trinajstić information content (AvgIpc) is 2.05. The van der Waals surface area contributed by atoms with Crippen molar-refractivity contribution in [3.63, 3.8) is 0 Å². The SMILES string of the molecule is CNc1ccc(O)cc1CC=O. The van der Waals surface area contributed by atoms with Crippen molar-refractivity contribution in [3.05, 3.63) is 23.8 Å². The minimum atomic E-state index is 0.186. The molecule has 0 aromatic heterocycles. The highest BCUT2D eigenvalue weighted by atomic mass is 16.3. The fraction of sp³-hybridized carbons (Fsp3) is 0.222. The first-order valence-electron chi connectivity index (χ1n) is 3.71. The number of carbonyl (C=O) groups excluding carboxylic acids is 1. The van der Waals surface area contributed by atoms with Crippen molar-refractivity contribution < 1.29 is 9.90 Å². The molecule has 1 aromatic rings. The van der Waals surface area contributed by atoms with Gasteiger partial charge in [0, 0.05) is 19.2 Å². The Morgan fingerprint density at radius 2 is 2.33 bits per heavy atom. The maximum Gasteiger partial charge on any atom is 0.124 e. The van der Waals surface area contributed by atoms with E-state index in [9.17, 15) is 4.79 Å². The van der Waals surface area contributed by atoms with E-state index < -0.39 is 0 Å². The minimum absolute atomic E-state index is 0.186. The Morgan fingerprint density at radius 1 is 1.58 bits per heavy atom. The zero-order valence-electron chi connectivity index (χ0n) is 6.87. The molecule has 64 valence electrons. The molecule has 0 saturated heterocycles. The topological polar surface area (TPSA) is 49.3 Å². The van der Waals surface area contributed by atoms with Gasteiger partial charge < -0.3 is 15.2 Å². The van der Waals surface area contributed by atoms with Crippen LogP contribution in [0.25, 0.3) is 0 Å². The summed E-state index contributed by atoms with van der Waals surface area (Å²) in [6.07, 6.45) is 1.14. The Kier molecular flexibility index (Phi) is 2.69. The summed E-state index contributed by atoms with van der Waals surface area (Å²) >= 11 is 0. The molecule has 3 nitrogen and oxygen atoms in total. The van der Waals surface area contributed by atoms with Gasteiger partial charge in [-0.2, -0.15) is 0 Å². The molecular weight excluding hydrogens is 154 g/mol. The van der Waals surface area contributed by atoms with Crippen molar-refractivity contribution in [2.75, 3.05) is 12.4 Å². The summed E-state index contributed by atoms with van der Waals surface area (Å²) in [4.78, 5) is 10.2. The van der Waals surface area contributed by atoms with Crippen LogP contribution >= 0.6 is 0 Å². The molecule has 0 aliphatic heterocycles. The molecule has 0 aliphatic rings. The maximum atomic E-state index is 10.2. The number of carbonyl (C=O) groups is 1. The zero-order valence-corrected chi connectivity index (χ0v) is 6.87. The fourth-order valence-electron chi connectivity index (χ4n) is 1.08. The lowest BCUT2D eigenvalue weighted by Gasteiger charge is -2.05. The third-order valence-electron chi connectivity index (χ3n) is 1.66. The van der Waals surface area contributed by atoms with E-state index in [1.807, 2.05) is 0 Å². The summed E-state index contributed by atoms with van der Waals surface area (Å²) in [7, 11) is 1.78. The van der Waals surface area contributed by atoms with Crippen LogP contribution < -0.4 is 5.32 Å². The van der Waals surface area contributed by atoms with Gasteiger partial charge in [0.2, 0.25) is 0 Å². The lowest BCUT2D eigenvalue weighted by molar-refractivity contribution is -0.107. The molecule has 12 heavy (non-hydrogen) atoms. The van der Waals surface area contributed by atoms with E-state index in [4.69, 9.17) is 5.11 Å². The van der Waals surface area contributed by atoms with Crippen LogP contribution in [0.4, 0.5) is 5.69 Å². The number of hydrogen-bond acceptors (Lipinski definition) is 3.